The fourth-order valence-corrected chi connectivity index (χ4v) is 1.56. The Morgan fingerprint density at radius 3 is 1.21 bits per heavy atom. The average Bonchev–Trinajstić information content (AvgIpc) is 2.60. The molecule has 0 saturated carbocycles. The minimum atomic E-state index is 0.0922. The topological polar surface area (TPSA) is 77.4 Å². The molecule has 6 heteroatoms. The van der Waals surface area contributed by atoms with Gasteiger partial charge in [0.15, 0.2) is 0 Å². The van der Waals surface area contributed by atoms with Gasteiger partial charge in [-0.1, -0.05) is 26.7 Å². The lowest BCUT2D eigenvalue weighted by Crippen LogP contribution is -2.07. The molecule has 2 N–H and O–H groups in total. The molecule has 0 unspecified atom stereocenters. The van der Waals surface area contributed by atoms with Crippen LogP contribution in [0.2, 0.25) is 0 Å². The maximum Gasteiger partial charge on any atom is 0.0701 e. The van der Waals surface area contributed by atoms with Crippen molar-refractivity contribution in [3.63, 3.8) is 0 Å². The smallest absolute Gasteiger partial charge is 0.0701 e. The van der Waals surface area contributed by atoms with Crippen molar-refractivity contribution >= 4 is 0 Å². The van der Waals surface area contributed by atoms with E-state index in [0.29, 0.717) is 26.4 Å². The normalized spacial score (nSPS) is 10.5. The lowest BCUT2D eigenvalue weighted by atomic mass is 10.3. The van der Waals surface area contributed by atoms with Gasteiger partial charge in [0.2, 0.25) is 0 Å². The molecular weight excluding hydrogens is 312 g/mol. The summed E-state index contributed by atoms with van der Waals surface area (Å²) in [6.07, 6.45) is 6.69. The van der Waals surface area contributed by atoms with E-state index in [1.807, 2.05) is 0 Å². The summed E-state index contributed by atoms with van der Waals surface area (Å²) in [5, 5.41) is 16.8. The molecule has 0 spiro atoms. The van der Waals surface area contributed by atoms with Gasteiger partial charge >= 0.3 is 0 Å². The molecule has 6 nitrogen and oxygen atoms in total. The fraction of sp³-hybridized carbons (Fsp3) is 1.00. The van der Waals surface area contributed by atoms with Gasteiger partial charge in [0.1, 0.15) is 0 Å². The lowest BCUT2D eigenvalue weighted by molar-refractivity contribution is 0.0324. The summed E-state index contributed by atoms with van der Waals surface area (Å²) in [5.41, 5.74) is 0. The van der Waals surface area contributed by atoms with Crippen LogP contribution < -0.4 is 0 Å². The van der Waals surface area contributed by atoms with Crippen LogP contribution in [-0.2, 0) is 18.9 Å². The monoisotopic (exact) mass is 352 g/mol. The molecule has 0 aliphatic carbocycles. The van der Waals surface area contributed by atoms with Crippen LogP contribution in [0.5, 0.6) is 0 Å². The predicted octanol–water partition coefficient (Wildman–Crippen LogP) is 2.40. The predicted molar refractivity (Wildman–Crippen MR) is 96.5 cm³/mol. The van der Waals surface area contributed by atoms with Crippen molar-refractivity contribution in [2.75, 3.05) is 66.1 Å². The SMILES string of the molecule is CCCCOCCCCOCCO.CCCCOCCOCCO. The van der Waals surface area contributed by atoms with Crippen molar-refractivity contribution in [3.05, 3.63) is 0 Å². The van der Waals surface area contributed by atoms with Gasteiger partial charge in [0, 0.05) is 26.4 Å². The van der Waals surface area contributed by atoms with Crippen LogP contribution in [0.15, 0.2) is 0 Å². The number of aliphatic hydroxyl groups excluding tert-OH is 2. The minimum Gasteiger partial charge on any atom is -0.394 e. The van der Waals surface area contributed by atoms with Crippen molar-refractivity contribution < 1.29 is 29.2 Å². The largest absolute Gasteiger partial charge is 0.394 e. The highest BCUT2D eigenvalue weighted by Gasteiger charge is 1.90. The first-order chi connectivity index (χ1) is 11.8. The lowest BCUT2D eigenvalue weighted by Gasteiger charge is -2.03. The van der Waals surface area contributed by atoms with Crippen LogP contribution in [0.4, 0.5) is 0 Å². The van der Waals surface area contributed by atoms with Crippen LogP contribution in [0.1, 0.15) is 52.4 Å². The molecule has 0 aliphatic heterocycles. The third kappa shape index (κ3) is 29.7. The summed E-state index contributed by atoms with van der Waals surface area (Å²) in [7, 11) is 0. The fourth-order valence-electron chi connectivity index (χ4n) is 1.56. The van der Waals surface area contributed by atoms with Gasteiger partial charge in [0.05, 0.1) is 39.6 Å². The van der Waals surface area contributed by atoms with Crippen molar-refractivity contribution in [1.29, 1.82) is 0 Å². The Kier molecular flexibility index (Phi) is 29.9. The molecule has 0 radical (unpaired) electrons. The molecule has 0 amide bonds. The molecular formula is C18H40O6. The molecule has 0 aromatic rings. The zero-order valence-electron chi connectivity index (χ0n) is 15.8. The first kappa shape index (κ1) is 26.0. The Balaban J connectivity index is 0. The maximum absolute atomic E-state index is 8.42. The van der Waals surface area contributed by atoms with E-state index in [-0.39, 0.29) is 13.2 Å². The van der Waals surface area contributed by atoms with Crippen LogP contribution in [0, 0.1) is 0 Å². The number of ether oxygens (including phenoxy) is 4. The first-order valence-electron chi connectivity index (χ1n) is 9.36. The molecule has 0 atom stereocenters. The van der Waals surface area contributed by atoms with Crippen LogP contribution in [0.25, 0.3) is 0 Å². The van der Waals surface area contributed by atoms with E-state index in [9.17, 15) is 0 Å². The second-order valence-corrected chi connectivity index (χ2v) is 5.31. The molecule has 0 saturated heterocycles. The Labute approximate surface area is 148 Å². The zero-order chi connectivity index (χ0) is 18.1. The third-order valence-corrected chi connectivity index (χ3v) is 2.96. The Morgan fingerprint density at radius 1 is 0.458 bits per heavy atom. The maximum atomic E-state index is 8.42. The average molecular weight is 353 g/mol. The van der Waals surface area contributed by atoms with Crippen LogP contribution in [-0.4, -0.2) is 76.3 Å². The van der Waals surface area contributed by atoms with E-state index >= 15 is 0 Å². The minimum absolute atomic E-state index is 0.0922. The van der Waals surface area contributed by atoms with Crippen LogP contribution >= 0.6 is 0 Å². The molecule has 0 aromatic carbocycles. The van der Waals surface area contributed by atoms with Crippen LogP contribution in [0.3, 0.4) is 0 Å². The second-order valence-electron chi connectivity index (χ2n) is 5.31. The van der Waals surface area contributed by atoms with E-state index in [0.717, 1.165) is 58.5 Å². The molecule has 0 aromatic heterocycles. The quantitative estimate of drug-likeness (QED) is 0.369. The van der Waals surface area contributed by atoms with Gasteiger partial charge in [0.25, 0.3) is 0 Å². The Morgan fingerprint density at radius 2 is 0.792 bits per heavy atom. The summed E-state index contributed by atoms with van der Waals surface area (Å²) in [4.78, 5) is 0. The van der Waals surface area contributed by atoms with E-state index < -0.39 is 0 Å². The van der Waals surface area contributed by atoms with Gasteiger partial charge in [-0.2, -0.15) is 0 Å². The molecule has 0 aliphatic rings. The number of rotatable bonds is 18. The van der Waals surface area contributed by atoms with Gasteiger partial charge in [-0.3, -0.25) is 0 Å². The van der Waals surface area contributed by atoms with Crippen molar-refractivity contribution in [3.8, 4) is 0 Å². The standard InChI is InChI=1S/C10H22O3.C8H18O3/c1-2-3-7-12-8-4-5-9-13-10-6-11;1-2-3-5-10-7-8-11-6-4-9/h11H,2-10H2,1H3;9H,2-8H2,1H3. The van der Waals surface area contributed by atoms with E-state index in [1.165, 1.54) is 6.42 Å². The third-order valence-electron chi connectivity index (χ3n) is 2.96. The summed E-state index contributed by atoms with van der Waals surface area (Å²) in [5.74, 6) is 0. The van der Waals surface area contributed by atoms with Crippen molar-refractivity contribution in [2.45, 2.75) is 52.4 Å². The molecule has 0 heterocycles. The van der Waals surface area contributed by atoms with Gasteiger partial charge in [-0.05, 0) is 25.7 Å². The van der Waals surface area contributed by atoms with Crippen molar-refractivity contribution in [1.82, 2.24) is 0 Å². The highest BCUT2D eigenvalue weighted by molar-refractivity contribution is 4.39. The summed E-state index contributed by atoms with van der Waals surface area (Å²) >= 11 is 0. The van der Waals surface area contributed by atoms with E-state index in [1.54, 1.807) is 0 Å². The van der Waals surface area contributed by atoms with Gasteiger partial charge < -0.3 is 29.2 Å². The van der Waals surface area contributed by atoms with Crippen molar-refractivity contribution in [2.24, 2.45) is 0 Å². The summed E-state index contributed by atoms with van der Waals surface area (Å²) < 4.78 is 20.7. The zero-order valence-corrected chi connectivity index (χ0v) is 15.8. The van der Waals surface area contributed by atoms with E-state index in [4.69, 9.17) is 29.2 Å². The Hall–Kier alpha value is -0.240. The highest BCUT2D eigenvalue weighted by atomic mass is 16.5. The van der Waals surface area contributed by atoms with E-state index in [2.05, 4.69) is 13.8 Å². The second kappa shape index (κ2) is 27.6. The Bertz CT molecular complexity index is 174. The first-order valence-corrected chi connectivity index (χ1v) is 9.36. The number of hydrogen-bond acceptors (Lipinski definition) is 6. The van der Waals surface area contributed by atoms with Gasteiger partial charge in [-0.25, -0.2) is 0 Å². The number of unbranched alkanes of at least 4 members (excludes halogenated alkanes) is 3. The molecule has 0 fully saturated rings. The van der Waals surface area contributed by atoms with Gasteiger partial charge in [-0.15, -0.1) is 0 Å². The molecule has 0 bridgehead atoms. The molecule has 148 valence electrons. The molecule has 0 rings (SSSR count). The highest BCUT2D eigenvalue weighted by Crippen LogP contribution is 1.93. The summed E-state index contributed by atoms with van der Waals surface area (Å²) in [6.45, 7) is 9.87. The summed E-state index contributed by atoms with van der Waals surface area (Å²) in [6, 6.07) is 0. The number of aliphatic hydroxyl groups is 2. The molecule has 24 heavy (non-hydrogen) atoms. The number of hydrogen-bond donors (Lipinski definition) is 2.